The summed E-state index contributed by atoms with van der Waals surface area (Å²) in [5.74, 6) is -0.692. The van der Waals surface area contributed by atoms with E-state index in [2.05, 4.69) is 15.0 Å². The highest BCUT2D eigenvalue weighted by atomic mass is 16.6. The molecule has 0 saturated heterocycles. The van der Waals surface area contributed by atoms with Gasteiger partial charge in [0.1, 0.15) is 5.82 Å². The van der Waals surface area contributed by atoms with Crippen molar-refractivity contribution in [2.24, 2.45) is 7.05 Å². The summed E-state index contributed by atoms with van der Waals surface area (Å²) in [6, 6.07) is 11.0. The molecule has 0 aliphatic heterocycles. The van der Waals surface area contributed by atoms with E-state index in [9.17, 15) is 19.7 Å². The molecule has 0 aliphatic rings. The fourth-order valence-electron chi connectivity index (χ4n) is 2.70. The van der Waals surface area contributed by atoms with Crippen molar-refractivity contribution in [1.82, 2.24) is 14.9 Å². The lowest BCUT2D eigenvalue weighted by Crippen LogP contribution is -2.24. The molecule has 1 N–H and O–H groups in total. The lowest BCUT2D eigenvalue weighted by Gasteiger charge is -2.07. The van der Waals surface area contributed by atoms with Crippen LogP contribution in [0.15, 0.2) is 42.5 Å². The molecule has 9 nitrogen and oxygen atoms in total. The molecule has 2 aromatic carbocycles. The van der Waals surface area contributed by atoms with Crippen LogP contribution in [0, 0.1) is 10.1 Å². The van der Waals surface area contributed by atoms with Gasteiger partial charge in [0.05, 0.1) is 35.2 Å². The highest BCUT2D eigenvalue weighted by molar-refractivity contribution is 5.99. The molecule has 9 heteroatoms. The van der Waals surface area contributed by atoms with E-state index in [0.717, 1.165) is 30.3 Å². The monoisotopic (exact) mass is 368 g/mol. The fourth-order valence-corrected chi connectivity index (χ4v) is 2.70. The Morgan fingerprint density at radius 1 is 1.22 bits per heavy atom. The van der Waals surface area contributed by atoms with Gasteiger partial charge in [-0.2, -0.15) is 0 Å². The Bertz CT molecular complexity index is 1060. The van der Waals surface area contributed by atoms with E-state index >= 15 is 0 Å². The Morgan fingerprint density at radius 3 is 2.59 bits per heavy atom. The number of nitro groups is 1. The molecule has 0 bridgehead atoms. The molecule has 3 aromatic rings. The number of imidazole rings is 1. The number of nitrogens with one attached hydrogen (secondary N) is 1. The van der Waals surface area contributed by atoms with E-state index in [1.54, 1.807) is 0 Å². The van der Waals surface area contributed by atoms with Gasteiger partial charge in [-0.15, -0.1) is 0 Å². The van der Waals surface area contributed by atoms with Crippen LogP contribution in [0.3, 0.4) is 0 Å². The predicted octanol–water partition coefficient (Wildman–Crippen LogP) is 2.20. The quantitative estimate of drug-likeness (QED) is 0.419. The number of esters is 1. The molecule has 0 radical (unpaired) electrons. The van der Waals surface area contributed by atoms with Crippen molar-refractivity contribution in [2.75, 3.05) is 7.11 Å². The maximum atomic E-state index is 12.5. The maximum absolute atomic E-state index is 12.5. The van der Waals surface area contributed by atoms with Gasteiger partial charge in [0.25, 0.3) is 11.6 Å². The Balaban J connectivity index is 1.84. The summed E-state index contributed by atoms with van der Waals surface area (Å²) in [5.41, 5.74) is 1.27. The zero-order chi connectivity index (χ0) is 19.6. The van der Waals surface area contributed by atoms with E-state index < -0.39 is 16.8 Å². The first-order valence-corrected chi connectivity index (χ1v) is 7.97. The molecule has 0 aliphatic carbocycles. The number of carbonyl (C=O) groups is 2. The largest absolute Gasteiger partial charge is 0.465 e. The van der Waals surface area contributed by atoms with Crippen LogP contribution >= 0.6 is 0 Å². The number of aryl methyl sites for hydroxylation is 1. The molecule has 1 amide bonds. The highest BCUT2D eigenvalue weighted by Crippen LogP contribution is 2.19. The van der Waals surface area contributed by atoms with Gasteiger partial charge in [-0.05, 0) is 18.2 Å². The smallest absolute Gasteiger partial charge is 0.338 e. The fraction of sp³-hybridized carbons (Fsp3) is 0.167. The van der Waals surface area contributed by atoms with Gasteiger partial charge >= 0.3 is 5.97 Å². The van der Waals surface area contributed by atoms with Crippen LogP contribution in [0.1, 0.15) is 26.5 Å². The number of nitrogens with zero attached hydrogens (tertiary/aromatic N) is 3. The van der Waals surface area contributed by atoms with Crippen molar-refractivity contribution in [3.63, 3.8) is 0 Å². The van der Waals surface area contributed by atoms with E-state index in [1.807, 2.05) is 35.9 Å². The number of ether oxygens (including phenoxy) is 1. The molecule has 0 saturated carbocycles. The van der Waals surface area contributed by atoms with E-state index in [1.165, 1.54) is 6.07 Å². The highest BCUT2D eigenvalue weighted by Gasteiger charge is 2.19. The molecule has 0 fully saturated rings. The topological polar surface area (TPSA) is 116 Å². The Hall–Kier alpha value is -3.75. The van der Waals surface area contributed by atoms with E-state index in [-0.39, 0.29) is 23.4 Å². The number of methoxy groups -OCH3 is 1. The van der Waals surface area contributed by atoms with E-state index in [0.29, 0.717) is 5.82 Å². The second-order valence-corrected chi connectivity index (χ2v) is 5.78. The second-order valence-electron chi connectivity index (χ2n) is 5.78. The number of nitro benzene ring substituents is 1. The van der Waals surface area contributed by atoms with Crippen molar-refractivity contribution in [3.8, 4) is 0 Å². The van der Waals surface area contributed by atoms with Gasteiger partial charge in [0.2, 0.25) is 0 Å². The molecule has 0 unspecified atom stereocenters. The Kier molecular flexibility index (Phi) is 4.84. The number of para-hydroxylation sites is 2. The third-order valence-corrected chi connectivity index (χ3v) is 4.10. The van der Waals surface area contributed by atoms with Crippen LogP contribution in [0.5, 0.6) is 0 Å². The number of amides is 1. The van der Waals surface area contributed by atoms with Gasteiger partial charge < -0.3 is 14.6 Å². The number of rotatable bonds is 5. The lowest BCUT2D eigenvalue weighted by molar-refractivity contribution is -0.384. The van der Waals surface area contributed by atoms with Crippen molar-refractivity contribution in [1.29, 1.82) is 0 Å². The summed E-state index contributed by atoms with van der Waals surface area (Å²) in [5, 5.41) is 13.7. The molecule has 1 aromatic heterocycles. The van der Waals surface area contributed by atoms with Crippen LogP contribution in [0.2, 0.25) is 0 Å². The molecule has 0 atom stereocenters. The average Bonchev–Trinajstić information content (AvgIpc) is 3.01. The predicted molar refractivity (Wildman–Crippen MR) is 96.3 cm³/mol. The van der Waals surface area contributed by atoms with Crippen molar-refractivity contribution < 1.29 is 19.2 Å². The molecule has 3 rings (SSSR count). The van der Waals surface area contributed by atoms with Crippen molar-refractivity contribution in [2.45, 2.75) is 6.54 Å². The molecular formula is C18H16N4O5. The summed E-state index contributed by atoms with van der Waals surface area (Å²) in [6.45, 7) is 0.125. The van der Waals surface area contributed by atoms with E-state index in [4.69, 9.17) is 0 Å². The summed E-state index contributed by atoms with van der Waals surface area (Å²) < 4.78 is 6.43. The minimum atomic E-state index is -0.761. The van der Waals surface area contributed by atoms with Crippen molar-refractivity contribution in [3.05, 3.63) is 69.5 Å². The van der Waals surface area contributed by atoms with Gasteiger partial charge in [-0.3, -0.25) is 14.9 Å². The number of non-ortho nitro benzene ring substituents is 1. The first-order chi connectivity index (χ1) is 12.9. The summed E-state index contributed by atoms with van der Waals surface area (Å²) in [6.07, 6.45) is 0. The number of benzene rings is 2. The van der Waals surface area contributed by atoms with Gasteiger partial charge in [-0.25, -0.2) is 9.78 Å². The zero-order valence-electron chi connectivity index (χ0n) is 14.6. The summed E-state index contributed by atoms with van der Waals surface area (Å²) in [4.78, 5) is 39.0. The first-order valence-electron chi connectivity index (χ1n) is 7.97. The minimum absolute atomic E-state index is 0.0108. The van der Waals surface area contributed by atoms with Crippen LogP contribution in [-0.2, 0) is 18.3 Å². The van der Waals surface area contributed by atoms with Gasteiger partial charge in [0.15, 0.2) is 0 Å². The van der Waals surface area contributed by atoms with Crippen LogP contribution < -0.4 is 5.32 Å². The molecule has 138 valence electrons. The number of hydrogen-bond acceptors (Lipinski definition) is 6. The summed E-state index contributed by atoms with van der Waals surface area (Å²) in [7, 11) is 2.99. The van der Waals surface area contributed by atoms with Crippen LogP contribution in [0.4, 0.5) is 5.69 Å². The Morgan fingerprint density at radius 2 is 1.93 bits per heavy atom. The number of hydrogen-bond donors (Lipinski definition) is 1. The third kappa shape index (κ3) is 3.61. The van der Waals surface area contributed by atoms with Gasteiger partial charge in [-0.1, -0.05) is 12.1 Å². The SMILES string of the molecule is COC(=O)c1cc(C(=O)NCc2nc3ccccc3n2C)cc([N+](=O)[O-])c1. The number of fused-ring (bicyclic) bond motifs is 1. The number of aromatic nitrogens is 2. The molecular weight excluding hydrogens is 352 g/mol. The average molecular weight is 368 g/mol. The molecule has 1 heterocycles. The van der Waals surface area contributed by atoms with Crippen molar-refractivity contribution >= 4 is 28.6 Å². The third-order valence-electron chi connectivity index (χ3n) is 4.10. The second kappa shape index (κ2) is 7.24. The molecule has 0 spiro atoms. The summed E-state index contributed by atoms with van der Waals surface area (Å²) >= 11 is 0. The van der Waals surface area contributed by atoms with Crippen LogP contribution in [0.25, 0.3) is 11.0 Å². The number of carbonyl (C=O) groups excluding carboxylic acids is 2. The normalized spacial score (nSPS) is 10.6. The maximum Gasteiger partial charge on any atom is 0.338 e. The first kappa shape index (κ1) is 18.1. The van der Waals surface area contributed by atoms with Crippen LogP contribution in [-0.4, -0.2) is 33.5 Å². The minimum Gasteiger partial charge on any atom is -0.465 e. The van der Waals surface area contributed by atoms with Gasteiger partial charge in [0, 0.05) is 24.7 Å². The zero-order valence-corrected chi connectivity index (χ0v) is 14.6. The standard InChI is InChI=1S/C18H16N4O5/c1-21-15-6-4-3-5-14(15)20-16(21)10-19-17(23)11-7-12(18(24)27-2)9-13(8-11)22(25)26/h3-9H,10H2,1-2H3,(H,19,23). The lowest BCUT2D eigenvalue weighted by atomic mass is 10.1. The molecule has 27 heavy (non-hydrogen) atoms. The Labute approximate surface area is 153 Å².